The first-order valence-electron chi connectivity index (χ1n) is 7.43. The van der Waals surface area contributed by atoms with Gasteiger partial charge in [-0.2, -0.15) is 5.10 Å². The van der Waals surface area contributed by atoms with Crippen molar-refractivity contribution in [2.75, 3.05) is 7.11 Å². The largest absolute Gasteiger partial charge is 0.496 e. The van der Waals surface area contributed by atoms with Gasteiger partial charge in [-0.3, -0.25) is 0 Å². The summed E-state index contributed by atoms with van der Waals surface area (Å²) in [6.07, 6.45) is 3.05. The average molecular weight is 323 g/mol. The molecular weight excluding hydrogens is 306 g/mol. The Labute approximate surface area is 139 Å². The zero-order valence-electron chi connectivity index (χ0n) is 13.5. The summed E-state index contributed by atoms with van der Waals surface area (Å²) in [7, 11) is 1.60. The molecular formula is C18H17N3O3. The molecule has 0 saturated heterocycles. The van der Waals surface area contributed by atoms with E-state index in [1.165, 1.54) is 6.33 Å². The number of carbonyl (C=O) groups excluding carboxylic acids is 1. The molecule has 0 bridgehead atoms. The number of aromatic nitrogens is 3. The number of nitrogens with zero attached hydrogens (tertiary/aromatic N) is 3. The van der Waals surface area contributed by atoms with E-state index in [9.17, 15) is 4.79 Å². The SMILES string of the molecule is COc1ccc(C)cc1COC(=O)c1ccc(-n2cncn2)cc1. The zero-order valence-corrected chi connectivity index (χ0v) is 13.5. The molecule has 0 N–H and O–H groups in total. The van der Waals surface area contributed by atoms with Crippen molar-refractivity contribution in [3.63, 3.8) is 0 Å². The Morgan fingerprint density at radius 3 is 2.62 bits per heavy atom. The number of benzene rings is 2. The lowest BCUT2D eigenvalue weighted by atomic mass is 10.1. The summed E-state index contributed by atoms with van der Waals surface area (Å²) in [5, 5.41) is 4.04. The van der Waals surface area contributed by atoms with Crippen molar-refractivity contribution >= 4 is 5.97 Å². The van der Waals surface area contributed by atoms with Gasteiger partial charge in [0.1, 0.15) is 25.0 Å². The maximum atomic E-state index is 12.2. The highest BCUT2D eigenvalue weighted by Gasteiger charge is 2.10. The van der Waals surface area contributed by atoms with Crippen LogP contribution in [0.25, 0.3) is 5.69 Å². The van der Waals surface area contributed by atoms with Gasteiger partial charge in [-0.05, 0) is 43.3 Å². The molecule has 1 aromatic heterocycles. The van der Waals surface area contributed by atoms with Crippen molar-refractivity contribution in [1.82, 2.24) is 14.8 Å². The quantitative estimate of drug-likeness (QED) is 0.675. The van der Waals surface area contributed by atoms with E-state index in [0.29, 0.717) is 11.3 Å². The van der Waals surface area contributed by atoms with Crippen molar-refractivity contribution in [1.29, 1.82) is 0 Å². The van der Waals surface area contributed by atoms with E-state index < -0.39 is 0 Å². The van der Waals surface area contributed by atoms with Gasteiger partial charge in [-0.1, -0.05) is 11.6 Å². The number of carbonyl (C=O) groups is 1. The Morgan fingerprint density at radius 1 is 1.17 bits per heavy atom. The lowest BCUT2D eigenvalue weighted by molar-refractivity contribution is 0.0470. The van der Waals surface area contributed by atoms with E-state index >= 15 is 0 Å². The molecule has 24 heavy (non-hydrogen) atoms. The standard InChI is InChI=1S/C18H17N3O3/c1-13-3-8-17(23-2)15(9-13)10-24-18(22)14-4-6-16(7-5-14)21-12-19-11-20-21/h3-9,11-12H,10H2,1-2H3. The van der Waals surface area contributed by atoms with Crippen molar-refractivity contribution in [2.45, 2.75) is 13.5 Å². The van der Waals surface area contributed by atoms with Gasteiger partial charge in [-0.15, -0.1) is 0 Å². The first-order chi connectivity index (χ1) is 11.7. The Bertz CT molecular complexity index is 827. The molecule has 3 rings (SSSR count). The first-order valence-corrected chi connectivity index (χ1v) is 7.43. The molecule has 0 aliphatic carbocycles. The number of rotatable bonds is 5. The third-order valence-electron chi connectivity index (χ3n) is 3.58. The second-order valence-electron chi connectivity index (χ2n) is 5.28. The van der Waals surface area contributed by atoms with Crippen LogP contribution in [0.4, 0.5) is 0 Å². The lowest BCUT2D eigenvalue weighted by Gasteiger charge is -2.10. The second-order valence-corrected chi connectivity index (χ2v) is 5.28. The number of hydrogen-bond acceptors (Lipinski definition) is 5. The number of methoxy groups -OCH3 is 1. The number of ether oxygens (including phenoxy) is 2. The van der Waals surface area contributed by atoms with Gasteiger partial charge in [0.2, 0.25) is 0 Å². The smallest absolute Gasteiger partial charge is 0.338 e. The van der Waals surface area contributed by atoms with E-state index in [1.807, 2.05) is 25.1 Å². The van der Waals surface area contributed by atoms with Crippen LogP contribution in [0.1, 0.15) is 21.5 Å². The predicted octanol–water partition coefficient (Wildman–Crippen LogP) is 2.94. The summed E-state index contributed by atoms with van der Waals surface area (Å²) >= 11 is 0. The molecule has 0 radical (unpaired) electrons. The lowest BCUT2D eigenvalue weighted by Crippen LogP contribution is -2.06. The second kappa shape index (κ2) is 6.95. The highest BCUT2D eigenvalue weighted by atomic mass is 16.5. The monoisotopic (exact) mass is 323 g/mol. The van der Waals surface area contributed by atoms with Crippen molar-refractivity contribution < 1.29 is 14.3 Å². The van der Waals surface area contributed by atoms with Crippen LogP contribution in [-0.4, -0.2) is 27.8 Å². The van der Waals surface area contributed by atoms with Gasteiger partial charge in [-0.25, -0.2) is 14.5 Å². The highest BCUT2D eigenvalue weighted by molar-refractivity contribution is 5.89. The van der Waals surface area contributed by atoms with E-state index in [2.05, 4.69) is 10.1 Å². The normalized spacial score (nSPS) is 10.4. The summed E-state index contributed by atoms with van der Waals surface area (Å²) in [4.78, 5) is 16.1. The molecule has 6 heteroatoms. The topological polar surface area (TPSA) is 66.2 Å². The predicted molar refractivity (Wildman–Crippen MR) is 88.2 cm³/mol. The van der Waals surface area contributed by atoms with E-state index in [1.54, 1.807) is 42.4 Å². The summed E-state index contributed by atoms with van der Waals surface area (Å²) in [5.74, 6) is 0.318. The zero-order chi connectivity index (χ0) is 16.9. The molecule has 0 amide bonds. The van der Waals surface area contributed by atoms with Crippen LogP contribution in [0.2, 0.25) is 0 Å². The fraction of sp³-hybridized carbons (Fsp3) is 0.167. The highest BCUT2D eigenvalue weighted by Crippen LogP contribution is 2.21. The van der Waals surface area contributed by atoms with Crippen LogP contribution in [0, 0.1) is 6.92 Å². The van der Waals surface area contributed by atoms with E-state index in [-0.39, 0.29) is 12.6 Å². The molecule has 0 spiro atoms. The fourth-order valence-electron chi connectivity index (χ4n) is 2.34. The van der Waals surface area contributed by atoms with Crippen molar-refractivity contribution in [3.8, 4) is 11.4 Å². The third kappa shape index (κ3) is 3.43. The minimum atomic E-state index is -0.385. The minimum Gasteiger partial charge on any atom is -0.496 e. The summed E-state index contributed by atoms with van der Waals surface area (Å²) in [5.41, 5.74) is 3.22. The van der Waals surface area contributed by atoms with Crippen LogP contribution < -0.4 is 4.74 Å². The molecule has 2 aromatic carbocycles. The number of aryl methyl sites for hydroxylation is 1. The number of hydrogen-bond donors (Lipinski definition) is 0. The first kappa shape index (κ1) is 15.7. The van der Waals surface area contributed by atoms with Crippen LogP contribution in [0.5, 0.6) is 5.75 Å². The van der Waals surface area contributed by atoms with Crippen LogP contribution in [0.3, 0.4) is 0 Å². The Kier molecular flexibility index (Phi) is 4.56. The average Bonchev–Trinajstić information content (AvgIpc) is 3.14. The summed E-state index contributed by atoms with van der Waals surface area (Å²) in [6.45, 7) is 2.14. The molecule has 122 valence electrons. The van der Waals surface area contributed by atoms with Gasteiger partial charge in [0, 0.05) is 5.56 Å². The molecule has 0 aliphatic rings. The Balaban J connectivity index is 1.68. The maximum Gasteiger partial charge on any atom is 0.338 e. The summed E-state index contributed by atoms with van der Waals surface area (Å²) < 4.78 is 12.3. The molecule has 0 fully saturated rings. The van der Waals surface area contributed by atoms with Gasteiger partial charge in [0.15, 0.2) is 0 Å². The molecule has 0 saturated carbocycles. The molecule has 3 aromatic rings. The Morgan fingerprint density at radius 2 is 1.96 bits per heavy atom. The number of esters is 1. The molecule has 0 aliphatic heterocycles. The molecule has 0 atom stereocenters. The van der Waals surface area contributed by atoms with Gasteiger partial charge < -0.3 is 9.47 Å². The van der Waals surface area contributed by atoms with Crippen molar-refractivity contribution in [2.24, 2.45) is 0 Å². The van der Waals surface area contributed by atoms with Crippen molar-refractivity contribution in [3.05, 3.63) is 71.8 Å². The van der Waals surface area contributed by atoms with Crippen LogP contribution in [-0.2, 0) is 11.3 Å². The van der Waals surface area contributed by atoms with Gasteiger partial charge in [0.25, 0.3) is 0 Å². The van der Waals surface area contributed by atoms with Gasteiger partial charge in [0.05, 0.1) is 18.4 Å². The fourth-order valence-corrected chi connectivity index (χ4v) is 2.34. The maximum absolute atomic E-state index is 12.2. The van der Waals surface area contributed by atoms with E-state index in [0.717, 1.165) is 16.8 Å². The molecule has 0 unspecified atom stereocenters. The minimum absolute atomic E-state index is 0.161. The summed E-state index contributed by atoms with van der Waals surface area (Å²) in [6, 6.07) is 12.7. The Hall–Kier alpha value is -3.15. The molecule has 1 heterocycles. The molecule has 6 nitrogen and oxygen atoms in total. The van der Waals surface area contributed by atoms with E-state index in [4.69, 9.17) is 9.47 Å². The van der Waals surface area contributed by atoms with Gasteiger partial charge >= 0.3 is 5.97 Å². The third-order valence-corrected chi connectivity index (χ3v) is 3.58. The van der Waals surface area contributed by atoms with Crippen LogP contribution >= 0.6 is 0 Å². The van der Waals surface area contributed by atoms with Crippen LogP contribution in [0.15, 0.2) is 55.1 Å².